The molecule has 2 amide bonds. The average molecular weight is 428 g/mol. The number of anilines is 1. The fraction of sp³-hybridized carbons (Fsp3) is 0.438. The second-order valence-electron chi connectivity index (χ2n) is 5.91. The predicted molar refractivity (Wildman–Crippen MR) is 92.0 cm³/mol. The molecule has 0 radical (unpaired) electrons. The van der Waals surface area contributed by atoms with Crippen molar-refractivity contribution in [3.8, 4) is 0 Å². The van der Waals surface area contributed by atoms with Crippen LogP contribution in [-0.2, 0) is 14.4 Å². The number of hydrogen-bond donors (Lipinski definition) is 1. The molecule has 0 spiro atoms. The van der Waals surface area contributed by atoms with Gasteiger partial charge in [-0.3, -0.25) is 19.3 Å². The van der Waals surface area contributed by atoms with E-state index in [1.807, 2.05) is 17.0 Å². The monoisotopic (exact) mass is 428 g/mol. The van der Waals surface area contributed by atoms with Crippen molar-refractivity contribution in [2.24, 2.45) is 5.92 Å². The van der Waals surface area contributed by atoms with Crippen molar-refractivity contribution in [1.29, 1.82) is 0 Å². The van der Waals surface area contributed by atoms with Gasteiger partial charge in [0.2, 0.25) is 5.91 Å². The zero-order chi connectivity index (χ0) is 16.6. The molecule has 3 rings (SSSR count). The molecule has 1 atom stereocenters. The average Bonchev–Trinajstić information content (AvgIpc) is 2.83. The molecule has 2 saturated heterocycles. The molecule has 23 heavy (non-hydrogen) atoms. The van der Waals surface area contributed by atoms with E-state index in [0.717, 1.165) is 3.57 Å². The Kier molecular flexibility index (Phi) is 4.67. The van der Waals surface area contributed by atoms with Crippen LogP contribution in [0.3, 0.4) is 0 Å². The number of rotatable bonds is 3. The maximum atomic E-state index is 12.7. The Labute approximate surface area is 147 Å². The highest BCUT2D eigenvalue weighted by molar-refractivity contribution is 14.1. The summed E-state index contributed by atoms with van der Waals surface area (Å²) in [6.07, 6.45) is 1.22. The van der Waals surface area contributed by atoms with Crippen molar-refractivity contribution in [2.75, 3.05) is 18.0 Å². The van der Waals surface area contributed by atoms with Crippen LogP contribution in [0.15, 0.2) is 24.3 Å². The van der Waals surface area contributed by atoms with E-state index >= 15 is 0 Å². The Balaban J connectivity index is 1.72. The Bertz CT molecular complexity index is 638. The Morgan fingerprint density at radius 1 is 1.13 bits per heavy atom. The smallest absolute Gasteiger partial charge is 0.306 e. The lowest BCUT2D eigenvalue weighted by Gasteiger charge is -2.33. The molecule has 0 aromatic heterocycles. The van der Waals surface area contributed by atoms with Crippen LogP contribution in [0.4, 0.5) is 5.69 Å². The van der Waals surface area contributed by atoms with E-state index in [-0.39, 0.29) is 24.2 Å². The Morgan fingerprint density at radius 3 is 2.30 bits per heavy atom. The zero-order valence-electron chi connectivity index (χ0n) is 12.4. The van der Waals surface area contributed by atoms with E-state index < -0.39 is 12.0 Å². The van der Waals surface area contributed by atoms with Crippen LogP contribution < -0.4 is 4.90 Å². The quantitative estimate of drug-likeness (QED) is 0.586. The molecule has 6 nitrogen and oxygen atoms in total. The van der Waals surface area contributed by atoms with Crippen molar-refractivity contribution < 1.29 is 19.5 Å². The molecule has 7 heteroatoms. The van der Waals surface area contributed by atoms with Gasteiger partial charge in [-0.1, -0.05) is 0 Å². The van der Waals surface area contributed by atoms with Gasteiger partial charge in [0.1, 0.15) is 0 Å². The van der Waals surface area contributed by atoms with Crippen molar-refractivity contribution >= 4 is 46.1 Å². The lowest BCUT2D eigenvalue weighted by Crippen LogP contribution is -2.46. The van der Waals surface area contributed by atoms with Gasteiger partial charge in [-0.15, -0.1) is 0 Å². The molecule has 0 aliphatic carbocycles. The summed E-state index contributed by atoms with van der Waals surface area (Å²) in [5, 5.41) is 9.05. The first-order chi connectivity index (χ1) is 11.0. The summed E-state index contributed by atoms with van der Waals surface area (Å²) in [4.78, 5) is 39.2. The third-order valence-corrected chi connectivity index (χ3v) is 5.25. The van der Waals surface area contributed by atoms with Gasteiger partial charge in [0.25, 0.3) is 5.91 Å². The number of aliphatic carboxylic acids is 1. The first-order valence-electron chi connectivity index (χ1n) is 7.56. The van der Waals surface area contributed by atoms with Gasteiger partial charge in [0.05, 0.1) is 24.1 Å². The van der Waals surface area contributed by atoms with Gasteiger partial charge in [-0.05, 0) is 72.8 Å². The summed E-state index contributed by atoms with van der Waals surface area (Å²) in [5.74, 6) is -1.52. The summed E-state index contributed by atoms with van der Waals surface area (Å²) in [6.45, 7) is 1.09. The van der Waals surface area contributed by atoms with E-state index in [1.54, 1.807) is 12.1 Å². The summed E-state index contributed by atoms with van der Waals surface area (Å²) in [5.41, 5.74) is 0.600. The molecule has 122 valence electrons. The molecule has 0 bridgehead atoms. The summed E-state index contributed by atoms with van der Waals surface area (Å²) in [7, 11) is 0. The lowest BCUT2D eigenvalue weighted by molar-refractivity contribution is -0.143. The minimum absolute atomic E-state index is 0.169. The number of hydrogen-bond acceptors (Lipinski definition) is 4. The number of benzene rings is 1. The van der Waals surface area contributed by atoms with Crippen molar-refractivity contribution in [1.82, 2.24) is 4.90 Å². The van der Waals surface area contributed by atoms with Crippen molar-refractivity contribution in [3.63, 3.8) is 0 Å². The van der Waals surface area contributed by atoms with Crippen molar-refractivity contribution in [2.45, 2.75) is 25.3 Å². The molecular formula is C16H17IN2O4. The fourth-order valence-electron chi connectivity index (χ4n) is 3.22. The standard InChI is InChI=1S/C16H17IN2O4/c17-11-1-3-12(4-2-11)19-14(20)9-13(15(19)21)18-7-5-10(6-8-18)16(22)23/h1-4,10,13H,5-9H2,(H,22,23). The molecule has 2 aliphatic heterocycles. The molecule has 1 unspecified atom stereocenters. The van der Waals surface area contributed by atoms with Crippen LogP contribution >= 0.6 is 22.6 Å². The van der Waals surface area contributed by atoms with Crippen LogP contribution in [0.5, 0.6) is 0 Å². The lowest BCUT2D eigenvalue weighted by atomic mass is 9.96. The van der Waals surface area contributed by atoms with Crippen molar-refractivity contribution in [3.05, 3.63) is 27.8 Å². The number of piperidine rings is 1. The molecule has 2 fully saturated rings. The van der Waals surface area contributed by atoms with E-state index in [0.29, 0.717) is 31.6 Å². The first kappa shape index (κ1) is 16.4. The molecule has 2 aliphatic rings. The van der Waals surface area contributed by atoms with Crippen LogP contribution in [0.2, 0.25) is 0 Å². The number of nitrogens with zero attached hydrogens (tertiary/aromatic N) is 2. The molecule has 0 saturated carbocycles. The second-order valence-corrected chi connectivity index (χ2v) is 7.16. The summed E-state index contributed by atoms with van der Waals surface area (Å²) in [6, 6.07) is 6.81. The van der Waals surface area contributed by atoms with E-state index in [1.165, 1.54) is 4.90 Å². The van der Waals surface area contributed by atoms with E-state index in [2.05, 4.69) is 22.6 Å². The minimum Gasteiger partial charge on any atom is -0.481 e. The topological polar surface area (TPSA) is 77.9 Å². The first-order valence-corrected chi connectivity index (χ1v) is 8.64. The highest BCUT2D eigenvalue weighted by Gasteiger charge is 2.43. The maximum absolute atomic E-state index is 12.7. The van der Waals surface area contributed by atoms with Crippen LogP contribution in [-0.4, -0.2) is 46.9 Å². The SMILES string of the molecule is O=C(O)C1CCN(C2CC(=O)N(c3ccc(I)cc3)C2=O)CC1. The highest BCUT2D eigenvalue weighted by Crippen LogP contribution is 2.29. The van der Waals surface area contributed by atoms with Crippen LogP contribution in [0, 0.1) is 9.49 Å². The van der Waals surface area contributed by atoms with Gasteiger partial charge in [0.15, 0.2) is 0 Å². The Hall–Kier alpha value is -1.48. The number of halogens is 1. The highest BCUT2D eigenvalue weighted by atomic mass is 127. The Morgan fingerprint density at radius 2 is 1.74 bits per heavy atom. The van der Waals surface area contributed by atoms with Gasteiger partial charge >= 0.3 is 5.97 Å². The summed E-state index contributed by atoms with van der Waals surface area (Å²) >= 11 is 2.17. The zero-order valence-corrected chi connectivity index (χ0v) is 14.6. The molecular weight excluding hydrogens is 411 g/mol. The third kappa shape index (κ3) is 3.25. The van der Waals surface area contributed by atoms with Gasteiger partial charge < -0.3 is 5.11 Å². The third-order valence-electron chi connectivity index (χ3n) is 4.53. The number of carboxylic acid groups (broad SMARTS) is 1. The van der Waals surface area contributed by atoms with Gasteiger partial charge in [0, 0.05) is 3.57 Å². The molecule has 1 aromatic rings. The summed E-state index contributed by atoms with van der Waals surface area (Å²) < 4.78 is 1.04. The molecule has 1 N–H and O–H groups in total. The number of likely N-dealkylation sites (tertiary alicyclic amines) is 1. The van der Waals surface area contributed by atoms with Crippen LogP contribution in [0.25, 0.3) is 0 Å². The predicted octanol–water partition coefficient (Wildman–Crippen LogP) is 1.72. The van der Waals surface area contributed by atoms with E-state index in [4.69, 9.17) is 5.11 Å². The fourth-order valence-corrected chi connectivity index (χ4v) is 3.58. The second kappa shape index (κ2) is 6.56. The molecule has 2 heterocycles. The normalized spacial score (nSPS) is 23.5. The van der Waals surface area contributed by atoms with E-state index in [9.17, 15) is 14.4 Å². The van der Waals surface area contributed by atoms with Gasteiger partial charge in [-0.2, -0.15) is 0 Å². The number of carbonyl (C=O) groups excluding carboxylic acids is 2. The number of imide groups is 1. The number of carboxylic acids is 1. The minimum atomic E-state index is -0.779. The maximum Gasteiger partial charge on any atom is 0.306 e. The molecule has 1 aromatic carbocycles. The number of carbonyl (C=O) groups is 3. The van der Waals surface area contributed by atoms with Gasteiger partial charge in [-0.25, -0.2) is 4.90 Å². The largest absolute Gasteiger partial charge is 0.481 e. The number of amides is 2. The van der Waals surface area contributed by atoms with Crippen LogP contribution in [0.1, 0.15) is 19.3 Å².